The van der Waals surface area contributed by atoms with Crippen molar-refractivity contribution in [3.05, 3.63) is 47.6 Å². The average Bonchev–Trinajstić information content (AvgIpc) is 3.18. The van der Waals surface area contributed by atoms with Crippen LogP contribution in [0, 0.1) is 0 Å². The summed E-state index contributed by atoms with van der Waals surface area (Å²) in [5.41, 5.74) is 2.17. The van der Waals surface area contributed by atoms with Gasteiger partial charge in [0.2, 0.25) is 5.88 Å². The molecule has 0 atom stereocenters. The second-order valence-corrected chi connectivity index (χ2v) is 5.02. The normalized spacial score (nSPS) is 10.3. The number of nitrogens with zero attached hydrogens (tertiary/aromatic N) is 2. The molecule has 3 aromatic rings. The van der Waals surface area contributed by atoms with Crippen LogP contribution in [0.25, 0.3) is 11.4 Å². The van der Waals surface area contributed by atoms with Gasteiger partial charge in [0.15, 0.2) is 5.13 Å². The molecular weight excluding hydrogens is 288 g/mol. The molecule has 0 aromatic carbocycles. The first kappa shape index (κ1) is 13.3. The smallest absolute Gasteiger partial charge is 0.259 e. The maximum Gasteiger partial charge on any atom is 0.259 e. The molecule has 1 amide bonds. The summed E-state index contributed by atoms with van der Waals surface area (Å²) in [6, 6.07) is 7.12. The van der Waals surface area contributed by atoms with E-state index in [-0.39, 0.29) is 5.91 Å². The summed E-state index contributed by atoms with van der Waals surface area (Å²) in [5, 5.41) is 5.18. The van der Waals surface area contributed by atoms with Crippen LogP contribution in [-0.4, -0.2) is 28.0 Å². The van der Waals surface area contributed by atoms with Crippen LogP contribution >= 0.6 is 11.3 Å². The largest absolute Gasteiger partial charge is 0.481 e. The summed E-state index contributed by atoms with van der Waals surface area (Å²) in [7, 11) is 1.53. The molecule has 3 aromatic heterocycles. The van der Waals surface area contributed by atoms with E-state index in [2.05, 4.69) is 20.3 Å². The number of amides is 1. The molecule has 0 bridgehead atoms. The molecule has 0 saturated carbocycles. The summed E-state index contributed by atoms with van der Waals surface area (Å²) in [6.45, 7) is 0. The van der Waals surface area contributed by atoms with Gasteiger partial charge >= 0.3 is 0 Å². The number of nitrogens with one attached hydrogen (secondary N) is 2. The fraction of sp³-hybridized carbons (Fsp3) is 0.0714. The summed E-state index contributed by atoms with van der Waals surface area (Å²) in [5.74, 6) is 0.215. The molecule has 106 valence electrons. The lowest BCUT2D eigenvalue weighted by Crippen LogP contribution is -2.12. The van der Waals surface area contributed by atoms with E-state index in [0.717, 1.165) is 11.4 Å². The van der Waals surface area contributed by atoms with E-state index in [4.69, 9.17) is 4.74 Å². The lowest BCUT2D eigenvalue weighted by Gasteiger charge is -2.02. The van der Waals surface area contributed by atoms with Gasteiger partial charge in [-0.3, -0.25) is 10.1 Å². The Morgan fingerprint density at radius 3 is 2.95 bits per heavy atom. The first-order chi connectivity index (χ1) is 10.3. The van der Waals surface area contributed by atoms with Crippen molar-refractivity contribution >= 4 is 22.4 Å². The molecule has 7 heteroatoms. The van der Waals surface area contributed by atoms with Crippen LogP contribution in [0.4, 0.5) is 5.13 Å². The van der Waals surface area contributed by atoms with Crippen molar-refractivity contribution in [1.29, 1.82) is 0 Å². The Morgan fingerprint density at radius 1 is 1.38 bits per heavy atom. The van der Waals surface area contributed by atoms with Crippen molar-refractivity contribution in [2.24, 2.45) is 0 Å². The summed E-state index contributed by atoms with van der Waals surface area (Å²) in [6.07, 6.45) is 3.30. The van der Waals surface area contributed by atoms with E-state index in [1.54, 1.807) is 12.1 Å². The third-order valence-electron chi connectivity index (χ3n) is 2.81. The number of ether oxygens (including phenoxy) is 1. The van der Waals surface area contributed by atoms with Crippen molar-refractivity contribution in [3.63, 3.8) is 0 Å². The Balaban J connectivity index is 1.72. The van der Waals surface area contributed by atoms with Crippen LogP contribution < -0.4 is 10.1 Å². The summed E-state index contributed by atoms with van der Waals surface area (Å²) in [4.78, 5) is 23.5. The van der Waals surface area contributed by atoms with Gasteiger partial charge in [-0.05, 0) is 18.2 Å². The number of rotatable bonds is 4. The fourth-order valence-electron chi connectivity index (χ4n) is 1.75. The van der Waals surface area contributed by atoms with Crippen LogP contribution in [0.1, 0.15) is 10.4 Å². The highest BCUT2D eigenvalue weighted by Gasteiger charge is 2.10. The Labute approximate surface area is 124 Å². The van der Waals surface area contributed by atoms with Gasteiger partial charge in [0.1, 0.15) is 0 Å². The van der Waals surface area contributed by atoms with Gasteiger partial charge in [0.05, 0.1) is 24.1 Å². The van der Waals surface area contributed by atoms with Crippen LogP contribution in [0.5, 0.6) is 5.88 Å². The zero-order valence-electron chi connectivity index (χ0n) is 11.2. The maximum atomic E-state index is 12.1. The van der Waals surface area contributed by atoms with Gasteiger partial charge in [-0.15, -0.1) is 11.3 Å². The minimum atomic E-state index is -0.252. The lowest BCUT2D eigenvalue weighted by atomic mass is 10.3. The van der Waals surface area contributed by atoms with Crippen molar-refractivity contribution in [2.45, 2.75) is 0 Å². The molecule has 0 radical (unpaired) electrons. The average molecular weight is 300 g/mol. The molecule has 2 N–H and O–H groups in total. The molecule has 0 aliphatic carbocycles. The number of aromatic amines is 1. The Kier molecular flexibility index (Phi) is 3.65. The second-order valence-electron chi connectivity index (χ2n) is 4.17. The molecule has 0 saturated heterocycles. The van der Waals surface area contributed by atoms with Crippen molar-refractivity contribution in [1.82, 2.24) is 15.0 Å². The first-order valence-electron chi connectivity index (χ1n) is 6.17. The van der Waals surface area contributed by atoms with E-state index in [0.29, 0.717) is 16.6 Å². The van der Waals surface area contributed by atoms with E-state index in [1.807, 2.05) is 23.7 Å². The highest BCUT2D eigenvalue weighted by molar-refractivity contribution is 7.14. The lowest BCUT2D eigenvalue weighted by molar-refractivity contribution is 0.102. The molecule has 0 spiro atoms. The minimum Gasteiger partial charge on any atom is -0.481 e. The number of thiazole rings is 1. The Hall–Kier alpha value is -2.67. The molecule has 0 unspecified atom stereocenters. The number of pyridine rings is 1. The van der Waals surface area contributed by atoms with E-state index in [9.17, 15) is 4.79 Å². The highest BCUT2D eigenvalue weighted by Crippen LogP contribution is 2.23. The number of carbonyl (C=O) groups is 1. The number of hydrogen-bond donors (Lipinski definition) is 2. The number of hydrogen-bond acceptors (Lipinski definition) is 5. The summed E-state index contributed by atoms with van der Waals surface area (Å²) < 4.78 is 4.96. The van der Waals surface area contributed by atoms with Crippen LogP contribution in [0.15, 0.2) is 42.0 Å². The topological polar surface area (TPSA) is 79.9 Å². The van der Waals surface area contributed by atoms with E-state index >= 15 is 0 Å². The monoisotopic (exact) mass is 300 g/mol. The first-order valence-corrected chi connectivity index (χ1v) is 7.05. The van der Waals surface area contributed by atoms with E-state index < -0.39 is 0 Å². The van der Waals surface area contributed by atoms with Gasteiger partial charge < -0.3 is 9.72 Å². The zero-order valence-corrected chi connectivity index (χ0v) is 12.0. The van der Waals surface area contributed by atoms with Crippen molar-refractivity contribution in [2.75, 3.05) is 12.4 Å². The molecule has 21 heavy (non-hydrogen) atoms. The number of aromatic nitrogens is 3. The molecular formula is C14H12N4O2S. The van der Waals surface area contributed by atoms with Crippen molar-refractivity contribution < 1.29 is 9.53 Å². The SMILES string of the molecule is COc1ccc(C(=O)Nc2nc(-c3ccc[nH]3)cs2)cn1. The molecule has 3 rings (SSSR count). The zero-order chi connectivity index (χ0) is 14.7. The van der Waals surface area contributed by atoms with Crippen LogP contribution in [-0.2, 0) is 0 Å². The third kappa shape index (κ3) is 2.92. The van der Waals surface area contributed by atoms with Gasteiger partial charge in [-0.25, -0.2) is 9.97 Å². The quantitative estimate of drug-likeness (QED) is 0.776. The molecule has 0 aliphatic heterocycles. The molecule has 0 fully saturated rings. The predicted octanol–water partition coefficient (Wildman–Crippen LogP) is 2.79. The number of carbonyl (C=O) groups excluding carboxylic acids is 1. The Morgan fingerprint density at radius 2 is 2.29 bits per heavy atom. The number of methoxy groups -OCH3 is 1. The third-order valence-corrected chi connectivity index (χ3v) is 3.56. The number of anilines is 1. The Bertz CT molecular complexity index is 735. The van der Waals surface area contributed by atoms with Crippen molar-refractivity contribution in [3.8, 4) is 17.3 Å². The van der Waals surface area contributed by atoms with Crippen LogP contribution in [0.3, 0.4) is 0 Å². The summed E-state index contributed by atoms with van der Waals surface area (Å²) >= 11 is 1.37. The highest BCUT2D eigenvalue weighted by atomic mass is 32.1. The van der Waals surface area contributed by atoms with E-state index in [1.165, 1.54) is 24.6 Å². The van der Waals surface area contributed by atoms with Gasteiger partial charge in [-0.2, -0.15) is 0 Å². The molecule has 6 nitrogen and oxygen atoms in total. The minimum absolute atomic E-state index is 0.252. The fourth-order valence-corrected chi connectivity index (χ4v) is 2.45. The maximum absolute atomic E-state index is 12.1. The predicted molar refractivity (Wildman–Crippen MR) is 80.6 cm³/mol. The standard InChI is InChI=1S/C14H12N4O2S/c1-20-12-5-4-9(7-16-12)13(19)18-14-17-11(8-21-14)10-3-2-6-15-10/h2-8,15H,1H3,(H,17,18,19). The number of H-pyrrole nitrogens is 1. The van der Waals surface area contributed by atoms with Gasteiger partial charge in [-0.1, -0.05) is 0 Å². The molecule has 0 aliphatic rings. The van der Waals surface area contributed by atoms with Gasteiger partial charge in [0.25, 0.3) is 5.91 Å². The van der Waals surface area contributed by atoms with Crippen LogP contribution in [0.2, 0.25) is 0 Å². The van der Waals surface area contributed by atoms with Gasteiger partial charge in [0, 0.05) is 23.8 Å². The molecule has 3 heterocycles. The second kappa shape index (κ2) is 5.76.